The Bertz CT molecular complexity index is 766. The summed E-state index contributed by atoms with van der Waals surface area (Å²) in [7, 11) is 0. The molecule has 6 N–H and O–H groups in total. The van der Waals surface area contributed by atoms with Crippen molar-refractivity contribution in [2.24, 2.45) is 0 Å². The molecular formula is C24H37CuI2N4O5. The van der Waals surface area contributed by atoms with E-state index < -0.39 is 0 Å². The van der Waals surface area contributed by atoms with Gasteiger partial charge in [0, 0.05) is 53.7 Å². The van der Waals surface area contributed by atoms with Crippen molar-refractivity contribution in [3.63, 3.8) is 0 Å². The summed E-state index contributed by atoms with van der Waals surface area (Å²) >= 11 is 8.09. The molecule has 4 rings (SSSR count). The Morgan fingerprint density at radius 1 is 0.972 bits per heavy atom. The number of nitrogen functional groups attached to an aromatic ring is 1. The van der Waals surface area contributed by atoms with Gasteiger partial charge in [-0.05, 0) is 71.1 Å². The third-order valence-electron chi connectivity index (χ3n) is 4.38. The first kappa shape index (κ1) is 35.3. The average molecular weight is 779 g/mol. The standard InChI is InChI=1S/C10H14N2O.C8H8INO.C4H9NO.C2H6O2.Cu.HI/c11-9-1-3-10(4-2-9)12-5-7-13-8-6-12;1-6(11)10-8-4-2-7(9)3-5-8;1-3-6-4-2-5-1;3-1-2-4;;/h1-4H,5-8,11H2;2-5H,1H3,(H,10,11);5H,1-4H2;3-4H,1-2H2;;1H/q;;;;+1;/p-1. The molecule has 9 nitrogen and oxygen atoms in total. The first-order valence-corrected chi connectivity index (χ1v) is 15.4. The molecule has 0 unspecified atom stereocenters. The van der Waals surface area contributed by atoms with Crippen molar-refractivity contribution < 1.29 is 37.2 Å². The van der Waals surface area contributed by atoms with Gasteiger partial charge in [0.15, 0.2) is 0 Å². The SMILES string of the molecule is C1COCCN1.CC(=O)Nc1ccc(I)cc1.Nc1ccc(N2CCOCC2)cc1.OCCO.[Cu][I]. The maximum absolute atomic E-state index is 10.6. The number of nitrogens with one attached hydrogen (secondary N) is 2. The van der Waals surface area contributed by atoms with E-state index in [4.69, 9.17) is 25.4 Å². The summed E-state index contributed by atoms with van der Waals surface area (Å²) in [6, 6.07) is 15.6. The van der Waals surface area contributed by atoms with Gasteiger partial charge in [-0.2, -0.15) is 0 Å². The Balaban J connectivity index is 0.000000480. The molecule has 208 valence electrons. The number of carbonyl (C=O) groups excluding carboxylic acids is 1. The van der Waals surface area contributed by atoms with E-state index in [-0.39, 0.29) is 19.1 Å². The fraction of sp³-hybridized carbons (Fsp3) is 0.458. The van der Waals surface area contributed by atoms with Crippen molar-refractivity contribution in [3.8, 4) is 0 Å². The van der Waals surface area contributed by atoms with E-state index in [9.17, 15) is 4.79 Å². The summed E-state index contributed by atoms with van der Waals surface area (Å²) in [4.78, 5) is 12.9. The Morgan fingerprint density at radius 2 is 1.47 bits per heavy atom. The first-order chi connectivity index (χ1) is 17.5. The van der Waals surface area contributed by atoms with E-state index in [1.165, 1.54) is 12.6 Å². The van der Waals surface area contributed by atoms with Gasteiger partial charge in [0.05, 0.1) is 39.6 Å². The summed E-state index contributed by atoms with van der Waals surface area (Å²) in [6.45, 7) is 8.68. The van der Waals surface area contributed by atoms with E-state index >= 15 is 0 Å². The Hall–Kier alpha value is -0.711. The molecule has 2 aromatic carbocycles. The van der Waals surface area contributed by atoms with Crippen LogP contribution in [0.15, 0.2) is 48.5 Å². The number of aliphatic hydroxyl groups is 2. The van der Waals surface area contributed by atoms with Crippen LogP contribution in [-0.2, 0) is 27.0 Å². The molecule has 1 amide bonds. The van der Waals surface area contributed by atoms with Crippen LogP contribution >= 0.6 is 42.9 Å². The predicted molar refractivity (Wildman–Crippen MR) is 159 cm³/mol. The zero-order valence-electron chi connectivity index (χ0n) is 20.4. The summed E-state index contributed by atoms with van der Waals surface area (Å²) < 4.78 is 11.4. The third kappa shape index (κ3) is 19.4. The van der Waals surface area contributed by atoms with Gasteiger partial charge in [0.2, 0.25) is 5.91 Å². The molecule has 2 aliphatic heterocycles. The number of nitrogens with two attached hydrogens (primary N) is 1. The second-order valence-corrected chi connectivity index (χ2v) is 8.43. The monoisotopic (exact) mass is 778 g/mol. The van der Waals surface area contributed by atoms with Crippen LogP contribution in [0.5, 0.6) is 0 Å². The van der Waals surface area contributed by atoms with Gasteiger partial charge < -0.3 is 41.0 Å². The van der Waals surface area contributed by atoms with Crippen molar-refractivity contribution in [1.29, 1.82) is 0 Å². The number of amides is 1. The number of aliphatic hydroxyl groups excluding tert-OH is 2. The summed E-state index contributed by atoms with van der Waals surface area (Å²) in [5.41, 5.74) is 8.51. The zero-order chi connectivity index (χ0) is 27.0. The molecule has 0 aliphatic carbocycles. The van der Waals surface area contributed by atoms with Crippen molar-refractivity contribution in [2.45, 2.75) is 6.92 Å². The second kappa shape index (κ2) is 24.6. The molecule has 0 bridgehead atoms. The van der Waals surface area contributed by atoms with Crippen LogP contribution in [0.2, 0.25) is 0 Å². The Labute approximate surface area is 247 Å². The minimum atomic E-state index is -0.125. The van der Waals surface area contributed by atoms with Gasteiger partial charge in [-0.25, -0.2) is 0 Å². The fourth-order valence-corrected chi connectivity index (χ4v) is 3.12. The number of nitrogens with zero attached hydrogens (tertiary/aromatic N) is 1. The number of ether oxygens (including phenoxy) is 2. The van der Waals surface area contributed by atoms with Crippen LogP contribution in [0.1, 0.15) is 6.92 Å². The van der Waals surface area contributed by atoms with Crippen LogP contribution in [0.3, 0.4) is 0 Å². The first-order valence-electron chi connectivity index (χ1n) is 11.3. The van der Waals surface area contributed by atoms with Crippen LogP contribution in [0.4, 0.5) is 17.1 Å². The number of hydrogen-bond acceptors (Lipinski definition) is 8. The van der Waals surface area contributed by atoms with E-state index in [0.717, 1.165) is 67.6 Å². The Kier molecular flexibility index (Phi) is 24.1. The normalized spacial score (nSPS) is 14.1. The number of anilines is 3. The maximum atomic E-state index is 10.6. The van der Waals surface area contributed by atoms with Crippen molar-refractivity contribution in [1.82, 2.24) is 5.32 Å². The van der Waals surface area contributed by atoms with Crippen LogP contribution in [0.25, 0.3) is 0 Å². The molecule has 0 spiro atoms. The van der Waals surface area contributed by atoms with Gasteiger partial charge in [0.25, 0.3) is 0 Å². The van der Waals surface area contributed by atoms with Crippen LogP contribution < -0.4 is 21.3 Å². The van der Waals surface area contributed by atoms with Gasteiger partial charge >= 0.3 is 33.1 Å². The van der Waals surface area contributed by atoms with Crippen molar-refractivity contribution in [3.05, 3.63) is 52.1 Å². The molecule has 0 radical (unpaired) electrons. The van der Waals surface area contributed by atoms with Gasteiger partial charge in [-0.3, -0.25) is 4.79 Å². The molecule has 12 heteroatoms. The second-order valence-electron chi connectivity index (χ2n) is 7.19. The molecule has 2 heterocycles. The molecule has 0 saturated carbocycles. The number of hydrogen-bond donors (Lipinski definition) is 5. The van der Waals surface area contributed by atoms with Crippen LogP contribution in [0, 0.1) is 3.57 Å². The van der Waals surface area contributed by atoms with E-state index in [1.54, 1.807) is 20.3 Å². The molecule has 2 saturated heterocycles. The molecule has 2 aromatic rings. The molecule has 0 aromatic heterocycles. The number of halogens is 2. The van der Waals surface area contributed by atoms with Gasteiger partial charge in [-0.1, -0.05) is 0 Å². The summed E-state index contributed by atoms with van der Waals surface area (Å²) in [5, 5.41) is 21.1. The molecule has 36 heavy (non-hydrogen) atoms. The number of benzene rings is 2. The number of rotatable bonds is 3. The molecular weight excluding hydrogens is 742 g/mol. The fourth-order valence-electron chi connectivity index (χ4n) is 2.76. The molecule has 2 aliphatic rings. The van der Waals surface area contributed by atoms with Crippen molar-refractivity contribution >= 4 is 65.9 Å². The van der Waals surface area contributed by atoms with E-state index in [0.29, 0.717) is 0 Å². The van der Waals surface area contributed by atoms with Gasteiger partial charge in [0.1, 0.15) is 0 Å². The predicted octanol–water partition coefficient (Wildman–Crippen LogP) is 2.82. The van der Waals surface area contributed by atoms with E-state index in [1.807, 2.05) is 36.4 Å². The van der Waals surface area contributed by atoms with E-state index in [2.05, 4.69) is 63.0 Å². The van der Waals surface area contributed by atoms with Gasteiger partial charge in [-0.15, -0.1) is 0 Å². The topological polar surface area (TPSA) is 129 Å². The van der Waals surface area contributed by atoms with Crippen LogP contribution in [-0.4, -0.2) is 81.9 Å². The summed E-state index contributed by atoms with van der Waals surface area (Å²) in [6.07, 6.45) is 0. The third-order valence-corrected chi connectivity index (χ3v) is 5.10. The molecule has 2 fully saturated rings. The van der Waals surface area contributed by atoms with Crippen molar-refractivity contribution in [2.75, 3.05) is 81.8 Å². The molecule has 0 atom stereocenters. The Morgan fingerprint density at radius 3 is 1.86 bits per heavy atom. The zero-order valence-corrected chi connectivity index (χ0v) is 25.6. The minimum absolute atomic E-state index is 0.0359. The number of carbonyl (C=O) groups is 1. The quantitative estimate of drug-likeness (QED) is 0.183. The summed E-state index contributed by atoms with van der Waals surface area (Å²) in [5.74, 6) is -0.0359. The average Bonchev–Trinajstić information content (AvgIpc) is 2.94. The number of morpholine rings is 2.